The first-order valence-corrected chi connectivity index (χ1v) is 9.06. The molecule has 2 heterocycles. The van der Waals surface area contributed by atoms with E-state index in [-0.39, 0.29) is 24.9 Å². The van der Waals surface area contributed by atoms with Gasteiger partial charge in [-0.05, 0) is 24.6 Å². The van der Waals surface area contributed by atoms with E-state index in [0.29, 0.717) is 18.8 Å². The second-order valence-corrected chi connectivity index (χ2v) is 7.02. The molecule has 27 heavy (non-hydrogen) atoms. The van der Waals surface area contributed by atoms with Crippen LogP contribution in [-0.4, -0.2) is 23.3 Å². The topological polar surface area (TPSA) is 59.8 Å². The van der Waals surface area contributed by atoms with Crippen LogP contribution in [0.25, 0.3) is 11.0 Å². The molecule has 2 aromatic carbocycles. The first kappa shape index (κ1) is 17.3. The molecule has 0 saturated carbocycles. The predicted molar refractivity (Wildman–Crippen MR) is 101 cm³/mol. The minimum absolute atomic E-state index is 0.0127. The van der Waals surface area contributed by atoms with Gasteiger partial charge in [0.05, 0.1) is 5.92 Å². The summed E-state index contributed by atoms with van der Waals surface area (Å²) in [5.41, 5.74) is 3.01. The highest BCUT2D eigenvalue weighted by molar-refractivity contribution is 5.86. The van der Waals surface area contributed by atoms with E-state index in [1.165, 1.54) is 5.56 Å². The van der Waals surface area contributed by atoms with Gasteiger partial charge in [-0.25, -0.2) is 0 Å². The smallest absolute Gasteiger partial charge is 0.311 e. The van der Waals surface area contributed by atoms with Gasteiger partial charge in [0.25, 0.3) is 0 Å². The maximum atomic E-state index is 12.4. The fourth-order valence-electron chi connectivity index (χ4n) is 3.36. The molecular formula is C22H21NO4. The number of rotatable bonds is 5. The summed E-state index contributed by atoms with van der Waals surface area (Å²) in [5, 5.41) is 0.976. The molecule has 1 fully saturated rings. The Hall–Kier alpha value is -3.08. The fraction of sp³-hybridized carbons (Fsp3) is 0.273. The van der Waals surface area contributed by atoms with E-state index in [0.717, 1.165) is 16.5 Å². The molecule has 0 spiro atoms. The van der Waals surface area contributed by atoms with E-state index >= 15 is 0 Å². The number of fused-ring (bicyclic) bond motifs is 1. The average Bonchev–Trinajstić information content (AvgIpc) is 3.25. The highest BCUT2D eigenvalue weighted by Crippen LogP contribution is 2.23. The monoisotopic (exact) mass is 363 g/mol. The molecular weight excluding hydrogens is 342 g/mol. The van der Waals surface area contributed by atoms with Crippen molar-refractivity contribution in [1.82, 2.24) is 4.90 Å². The normalized spacial score (nSPS) is 16.9. The lowest BCUT2D eigenvalue weighted by molar-refractivity contribution is -0.150. The van der Waals surface area contributed by atoms with Gasteiger partial charge in [0.1, 0.15) is 18.0 Å². The van der Waals surface area contributed by atoms with Crippen molar-refractivity contribution in [2.75, 3.05) is 6.54 Å². The number of ether oxygens (including phenoxy) is 1. The number of benzene rings is 2. The van der Waals surface area contributed by atoms with Gasteiger partial charge in [-0.2, -0.15) is 0 Å². The molecule has 0 bridgehead atoms. The molecule has 138 valence electrons. The molecule has 1 aliphatic rings. The van der Waals surface area contributed by atoms with Crippen molar-refractivity contribution >= 4 is 22.8 Å². The van der Waals surface area contributed by atoms with Crippen LogP contribution in [0, 0.1) is 12.8 Å². The SMILES string of the molecule is Cc1ccc(CN2CC(C(=O)OCc3cc4ccccc4o3)CC2=O)cc1. The summed E-state index contributed by atoms with van der Waals surface area (Å²) < 4.78 is 11.0. The number of esters is 1. The Bertz CT molecular complexity index is 940. The molecule has 1 amide bonds. The van der Waals surface area contributed by atoms with E-state index in [9.17, 15) is 9.59 Å². The van der Waals surface area contributed by atoms with Crippen LogP contribution in [0.1, 0.15) is 23.3 Å². The van der Waals surface area contributed by atoms with Crippen LogP contribution in [0.2, 0.25) is 0 Å². The van der Waals surface area contributed by atoms with Gasteiger partial charge in [-0.3, -0.25) is 9.59 Å². The largest absolute Gasteiger partial charge is 0.457 e. The molecule has 1 aromatic heterocycles. The molecule has 1 aliphatic heterocycles. The summed E-state index contributed by atoms with van der Waals surface area (Å²) in [6.07, 6.45) is 0.199. The third-order valence-electron chi connectivity index (χ3n) is 4.88. The summed E-state index contributed by atoms with van der Waals surface area (Å²) in [5.74, 6) is -0.186. The van der Waals surface area contributed by atoms with Crippen molar-refractivity contribution in [3.05, 3.63) is 71.5 Å². The minimum Gasteiger partial charge on any atom is -0.457 e. The summed E-state index contributed by atoms with van der Waals surface area (Å²) in [6.45, 7) is 3.02. The first-order chi connectivity index (χ1) is 13.1. The Balaban J connectivity index is 1.33. The highest BCUT2D eigenvalue weighted by Gasteiger charge is 2.35. The summed E-state index contributed by atoms with van der Waals surface area (Å²) in [7, 11) is 0. The van der Waals surface area contributed by atoms with Crippen molar-refractivity contribution in [2.24, 2.45) is 5.92 Å². The van der Waals surface area contributed by atoms with Crippen LogP contribution in [0.5, 0.6) is 0 Å². The van der Waals surface area contributed by atoms with Crippen LogP contribution in [0.4, 0.5) is 0 Å². The third-order valence-corrected chi connectivity index (χ3v) is 4.88. The van der Waals surface area contributed by atoms with Crippen molar-refractivity contribution in [1.29, 1.82) is 0 Å². The molecule has 5 nitrogen and oxygen atoms in total. The van der Waals surface area contributed by atoms with Gasteiger partial charge in [0.15, 0.2) is 0 Å². The lowest BCUT2D eigenvalue weighted by Crippen LogP contribution is -2.26. The number of amides is 1. The van der Waals surface area contributed by atoms with Gasteiger partial charge in [0.2, 0.25) is 5.91 Å². The van der Waals surface area contributed by atoms with E-state index in [1.54, 1.807) is 4.90 Å². The summed E-state index contributed by atoms with van der Waals surface area (Å²) in [4.78, 5) is 26.4. The van der Waals surface area contributed by atoms with Gasteiger partial charge in [-0.1, -0.05) is 48.0 Å². The molecule has 1 saturated heterocycles. The Kier molecular flexibility index (Phi) is 4.67. The van der Waals surface area contributed by atoms with Gasteiger partial charge in [-0.15, -0.1) is 0 Å². The Morgan fingerprint density at radius 3 is 2.74 bits per heavy atom. The summed E-state index contributed by atoms with van der Waals surface area (Å²) in [6, 6.07) is 17.6. The second kappa shape index (κ2) is 7.27. The Morgan fingerprint density at radius 2 is 1.96 bits per heavy atom. The number of likely N-dealkylation sites (tertiary alicyclic amines) is 1. The number of aryl methyl sites for hydroxylation is 1. The number of para-hydroxylation sites is 1. The molecule has 4 rings (SSSR count). The Labute approximate surface area is 157 Å². The lowest BCUT2D eigenvalue weighted by Gasteiger charge is -2.16. The maximum absolute atomic E-state index is 12.4. The first-order valence-electron chi connectivity index (χ1n) is 9.06. The van der Waals surface area contributed by atoms with E-state index < -0.39 is 5.92 Å². The number of furan rings is 1. The molecule has 5 heteroatoms. The Morgan fingerprint density at radius 1 is 1.19 bits per heavy atom. The van der Waals surface area contributed by atoms with Crippen LogP contribution in [0.3, 0.4) is 0 Å². The van der Waals surface area contributed by atoms with E-state index in [2.05, 4.69) is 0 Å². The van der Waals surface area contributed by atoms with Gasteiger partial charge in [0, 0.05) is 24.9 Å². The third kappa shape index (κ3) is 3.87. The van der Waals surface area contributed by atoms with Crippen LogP contribution in [0.15, 0.2) is 59.0 Å². The number of hydrogen-bond donors (Lipinski definition) is 0. The maximum Gasteiger partial charge on any atom is 0.311 e. The molecule has 1 atom stereocenters. The minimum atomic E-state index is -0.424. The zero-order valence-corrected chi connectivity index (χ0v) is 15.2. The fourth-order valence-corrected chi connectivity index (χ4v) is 3.36. The van der Waals surface area contributed by atoms with Crippen molar-refractivity contribution in [2.45, 2.75) is 26.5 Å². The van der Waals surface area contributed by atoms with Crippen LogP contribution in [-0.2, 0) is 27.5 Å². The van der Waals surface area contributed by atoms with Crippen molar-refractivity contribution in [3.8, 4) is 0 Å². The highest BCUT2D eigenvalue weighted by atomic mass is 16.5. The zero-order valence-electron chi connectivity index (χ0n) is 15.2. The van der Waals surface area contributed by atoms with Gasteiger partial charge >= 0.3 is 5.97 Å². The predicted octanol–water partition coefficient (Wildman–Crippen LogP) is 3.83. The second-order valence-electron chi connectivity index (χ2n) is 7.02. The van der Waals surface area contributed by atoms with E-state index in [4.69, 9.17) is 9.15 Å². The van der Waals surface area contributed by atoms with Crippen LogP contribution >= 0.6 is 0 Å². The number of hydrogen-bond acceptors (Lipinski definition) is 4. The average molecular weight is 363 g/mol. The molecule has 0 aliphatic carbocycles. The lowest BCUT2D eigenvalue weighted by atomic mass is 10.1. The number of carbonyl (C=O) groups is 2. The molecule has 1 unspecified atom stereocenters. The molecule has 0 radical (unpaired) electrons. The van der Waals surface area contributed by atoms with Crippen molar-refractivity contribution in [3.63, 3.8) is 0 Å². The standard InChI is InChI=1S/C22H21NO4/c1-15-6-8-16(9-7-15)12-23-13-18(11-21(23)24)22(25)26-14-19-10-17-4-2-3-5-20(17)27-19/h2-10,18H,11-14H2,1H3. The summed E-state index contributed by atoms with van der Waals surface area (Å²) >= 11 is 0. The van der Waals surface area contributed by atoms with Crippen LogP contribution < -0.4 is 0 Å². The van der Waals surface area contributed by atoms with Crippen molar-refractivity contribution < 1.29 is 18.7 Å². The molecule has 3 aromatic rings. The number of nitrogens with zero attached hydrogens (tertiary/aromatic N) is 1. The van der Waals surface area contributed by atoms with Gasteiger partial charge < -0.3 is 14.1 Å². The number of carbonyl (C=O) groups excluding carboxylic acids is 2. The zero-order chi connectivity index (χ0) is 18.8. The molecule has 0 N–H and O–H groups in total. The quantitative estimate of drug-likeness (QED) is 0.647. The van der Waals surface area contributed by atoms with E-state index in [1.807, 2.05) is 61.5 Å².